The number of amides is 1. The third-order valence-electron chi connectivity index (χ3n) is 10.2. The molecule has 1 unspecified atom stereocenters. The van der Waals surface area contributed by atoms with Gasteiger partial charge in [0.2, 0.25) is 0 Å². The molecule has 1 fully saturated rings. The first kappa shape index (κ1) is 22.9. The number of carbonyl (C=O) groups is 1. The molecule has 37 heavy (non-hydrogen) atoms. The lowest BCUT2D eigenvalue weighted by molar-refractivity contribution is 0.00732. The van der Waals surface area contributed by atoms with Crippen LogP contribution < -0.4 is 0 Å². The predicted molar refractivity (Wildman–Crippen MR) is 151 cm³/mol. The normalized spacial score (nSPS) is 22.2. The van der Waals surface area contributed by atoms with E-state index in [2.05, 4.69) is 106 Å². The van der Waals surface area contributed by atoms with Gasteiger partial charge in [-0.1, -0.05) is 64.1 Å². The monoisotopic (exact) mass is 493 g/mol. The number of fused-ring (bicyclic) bond motifs is 10. The molecule has 2 aliphatic rings. The van der Waals surface area contributed by atoms with E-state index in [4.69, 9.17) is 4.74 Å². The van der Waals surface area contributed by atoms with Crippen molar-refractivity contribution in [3.05, 3.63) is 59.7 Å². The molecular weight excluding hydrogens is 458 g/mol. The summed E-state index contributed by atoms with van der Waals surface area (Å²) in [7, 11) is 4.08. The maximum absolute atomic E-state index is 14.0. The highest BCUT2D eigenvalue weighted by Crippen LogP contribution is 2.57. The second-order valence-electron chi connectivity index (χ2n) is 12.9. The molecule has 190 valence electrons. The van der Waals surface area contributed by atoms with E-state index in [1.165, 1.54) is 16.3 Å². The number of aromatic nitrogens is 2. The van der Waals surface area contributed by atoms with E-state index >= 15 is 0 Å². The van der Waals surface area contributed by atoms with E-state index in [1.807, 2.05) is 11.9 Å². The van der Waals surface area contributed by atoms with E-state index in [1.54, 1.807) is 0 Å². The van der Waals surface area contributed by atoms with Gasteiger partial charge >= 0.3 is 0 Å². The van der Waals surface area contributed by atoms with E-state index in [0.717, 1.165) is 38.4 Å². The Labute approximate surface area is 217 Å². The van der Waals surface area contributed by atoms with Crippen LogP contribution >= 0.6 is 0 Å². The van der Waals surface area contributed by atoms with Crippen molar-refractivity contribution in [2.45, 2.75) is 53.3 Å². The first-order chi connectivity index (χ1) is 17.4. The summed E-state index contributed by atoms with van der Waals surface area (Å²) in [6.07, 6.45) is -0.137. The molecule has 0 N–H and O–H groups in total. The molecule has 3 aromatic carbocycles. The SMILES string of the molecule is CN1C(=O)c2c(c3c4ccccc4n(C4OCC(C)(C)C4(C)C)c3c3c2c2ccccc2n3C)C1(C)C. The Hall–Kier alpha value is -3.31. The van der Waals surface area contributed by atoms with Gasteiger partial charge in [-0.3, -0.25) is 4.79 Å². The van der Waals surface area contributed by atoms with Gasteiger partial charge in [-0.15, -0.1) is 0 Å². The lowest BCUT2D eigenvalue weighted by Crippen LogP contribution is -2.35. The number of aryl methyl sites for hydroxylation is 1. The van der Waals surface area contributed by atoms with Crippen LogP contribution in [0.25, 0.3) is 43.6 Å². The zero-order valence-corrected chi connectivity index (χ0v) is 23.1. The molecule has 5 aromatic rings. The Morgan fingerprint density at radius 3 is 2.03 bits per heavy atom. The van der Waals surface area contributed by atoms with Crippen molar-refractivity contribution in [3.8, 4) is 0 Å². The van der Waals surface area contributed by atoms with Gasteiger partial charge in [0.05, 0.1) is 34.3 Å². The lowest BCUT2D eigenvalue weighted by Gasteiger charge is -2.37. The molecule has 2 aromatic heterocycles. The van der Waals surface area contributed by atoms with Gasteiger partial charge in [-0.2, -0.15) is 0 Å². The minimum Gasteiger partial charge on any atom is -0.357 e. The number of carbonyl (C=O) groups excluding carboxylic acids is 1. The molecule has 0 aliphatic carbocycles. The third kappa shape index (κ3) is 2.47. The fraction of sp³-hybridized carbons (Fsp3) is 0.406. The van der Waals surface area contributed by atoms with Crippen molar-refractivity contribution in [2.24, 2.45) is 17.9 Å². The second-order valence-corrected chi connectivity index (χ2v) is 12.9. The highest BCUT2D eigenvalue weighted by molar-refractivity contribution is 6.31. The molecule has 0 spiro atoms. The fourth-order valence-electron chi connectivity index (χ4n) is 6.99. The average molecular weight is 494 g/mol. The van der Waals surface area contributed by atoms with Crippen LogP contribution in [-0.2, 0) is 17.3 Å². The molecule has 5 heteroatoms. The highest BCUT2D eigenvalue weighted by atomic mass is 16.5. The summed E-state index contributed by atoms with van der Waals surface area (Å²) in [6.45, 7) is 14.3. The fourth-order valence-corrected chi connectivity index (χ4v) is 6.99. The largest absolute Gasteiger partial charge is 0.357 e. The Morgan fingerprint density at radius 2 is 1.41 bits per heavy atom. The van der Waals surface area contributed by atoms with Gasteiger partial charge in [0.1, 0.15) is 6.23 Å². The predicted octanol–water partition coefficient (Wildman–Crippen LogP) is 7.34. The molecule has 1 amide bonds. The van der Waals surface area contributed by atoms with Crippen LogP contribution in [0, 0.1) is 10.8 Å². The van der Waals surface area contributed by atoms with Gasteiger partial charge in [-0.05, 0) is 31.4 Å². The summed E-state index contributed by atoms with van der Waals surface area (Å²) in [5.74, 6) is 0.0960. The van der Waals surface area contributed by atoms with Gasteiger partial charge < -0.3 is 18.8 Å². The second kappa shape index (κ2) is 6.76. The molecule has 1 saturated heterocycles. The number of ether oxygens (including phenoxy) is 1. The Bertz CT molecular complexity index is 1810. The number of nitrogens with zero attached hydrogens (tertiary/aromatic N) is 3. The van der Waals surface area contributed by atoms with E-state index in [-0.39, 0.29) is 23.0 Å². The van der Waals surface area contributed by atoms with Crippen LogP contribution in [0.5, 0.6) is 0 Å². The smallest absolute Gasteiger partial charge is 0.255 e. The van der Waals surface area contributed by atoms with E-state index in [9.17, 15) is 4.79 Å². The van der Waals surface area contributed by atoms with Gasteiger partial charge in [-0.25, -0.2) is 0 Å². The first-order valence-corrected chi connectivity index (χ1v) is 13.3. The topological polar surface area (TPSA) is 39.4 Å². The maximum atomic E-state index is 14.0. The lowest BCUT2D eigenvalue weighted by atomic mass is 9.69. The third-order valence-corrected chi connectivity index (χ3v) is 10.2. The average Bonchev–Trinajstić information content (AvgIpc) is 3.47. The quantitative estimate of drug-likeness (QED) is 0.245. The zero-order valence-electron chi connectivity index (χ0n) is 23.1. The van der Waals surface area contributed by atoms with Crippen molar-refractivity contribution >= 4 is 49.5 Å². The van der Waals surface area contributed by atoms with Crippen LogP contribution in [0.4, 0.5) is 0 Å². The van der Waals surface area contributed by atoms with Crippen LogP contribution in [0.1, 0.15) is 63.7 Å². The Morgan fingerprint density at radius 1 is 0.811 bits per heavy atom. The zero-order chi connectivity index (χ0) is 26.2. The summed E-state index contributed by atoms with van der Waals surface area (Å²) >= 11 is 0. The molecule has 1 atom stereocenters. The number of para-hydroxylation sites is 2. The molecular formula is C32H35N3O2. The summed E-state index contributed by atoms with van der Waals surface area (Å²) in [5, 5.41) is 4.54. The minimum absolute atomic E-state index is 0.0135. The number of rotatable bonds is 1. The summed E-state index contributed by atoms with van der Waals surface area (Å²) in [6, 6.07) is 17.1. The van der Waals surface area contributed by atoms with Crippen molar-refractivity contribution in [1.82, 2.24) is 14.0 Å². The molecule has 0 bridgehead atoms. The summed E-state index contributed by atoms with van der Waals surface area (Å²) in [4.78, 5) is 15.9. The Kier molecular flexibility index (Phi) is 4.18. The number of hydrogen-bond donors (Lipinski definition) is 0. The molecule has 2 aliphatic heterocycles. The highest BCUT2D eigenvalue weighted by Gasteiger charge is 2.52. The molecule has 5 nitrogen and oxygen atoms in total. The Balaban J connectivity index is 1.82. The van der Waals surface area contributed by atoms with Crippen LogP contribution in [0.3, 0.4) is 0 Å². The van der Waals surface area contributed by atoms with E-state index < -0.39 is 5.54 Å². The van der Waals surface area contributed by atoms with Crippen LogP contribution in [-0.4, -0.2) is 33.6 Å². The first-order valence-electron chi connectivity index (χ1n) is 13.3. The number of hydrogen-bond acceptors (Lipinski definition) is 2. The maximum Gasteiger partial charge on any atom is 0.255 e. The van der Waals surface area contributed by atoms with Crippen molar-refractivity contribution in [3.63, 3.8) is 0 Å². The van der Waals surface area contributed by atoms with Crippen LogP contribution in [0.15, 0.2) is 48.5 Å². The van der Waals surface area contributed by atoms with Crippen molar-refractivity contribution in [1.29, 1.82) is 0 Å². The van der Waals surface area contributed by atoms with Gasteiger partial charge in [0.15, 0.2) is 0 Å². The molecule has 0 radical (unpaired) electrons. The molecule has 0 saturated carbocycles. The number of benzene rings is 3. The van der Waals surface area contributed by atoms with Crippen molar-refractivity contribution < 1.29 is 9.53 Å². The minimum atomic E-state index is -0.448. The van der Waals surface area contributed by atoms with Crippen LogP contribution in [0.2, 0.25) is 0 Å². The summed E-state index contributed by atoms with van der Waals surface area (Å²) < 4.78 is 11.4. The van der Waals surface area contributed by atoms with E-state index in [0.29, 0.717) is 6.61 Å². The van der Waals surface area contributed by atoms with Crippen molar-refractivity contribution in [2.75, 3.05) is 13.7 Å². The van der Waals surface area contributed by atoms with Gasteiger partial charge in [0, 0.05) is 52.1 Å². The van der Waals surface area contributed by atoms with Gasteiger partial charge in [0.25, 0.3) is 5.91 Å². The molecule has 4 heterocycles. The standard InChI is InChI=1S/C32H35N3O2/c1-30(2)17-37-29(31(30,3)4)35-21-16-12-10-14-19(21)23-25-24(28(36)34(8)32(25,5)6)22-18-13-9-11-15-20(18)33(7)26(22)27(23)35/h9-16,29H,17H2,1-8H3. The summed E-state index contributed by atoms with van der Waals surface area (Å²) in [5.41, 5.74) is 6.00. The molecule has 7 rings (SSSR count).